The third kappa shape index (κ3) is 4.59. The summed E-state index contributed by atoms with van der Waals surface area (Å²) in [6.45, 7) is 4.57. The van der Waals surface area contributed by atoms with Crippen molar-refractivity contribution in [3.05, 3.63) is 60.2 Å². The zero-order chi connectivity index (χ0) is 20.1. The molecule has 156 valence electrons. The summed E-state index contributed by atoms with van der Waals surface area (Å²) in [4.78, 5) is 5.13. The van der Waals surface area contributed by atoms with Crippen LogP contribution in [0.15, 0.2) is 54.6 Å². The Balaban J connectivity index is 1.39. The first-order valence-electron chi connectivity index (χ1n) is 11.0. The van der Waals surface area contributed by atoms with Crippen LogP contribution in [0.5, 0.6) is 5.75 Å². The van der Waals surface area contributed by atoms with Crippen LogP contribution >= 0.6 is 0 Å². The van der Waals surface area contributed by atoms with Gasteiger partial charge in [0.2, 0.25) is 0 Å². The summed E-state index contributed by atoms with van der Waals surface area (Å²) in [5.41, 5.74) is 2.55. The van der Waals surface area contributed by atoms with Gasteiger partial charge >= 0.3 is 0 Å². The van der Waals surface area contributed by atoms with E-state index in [1.165, 1.54) is 30.5 Å². The first-order valence-corrected chi connectivity index (χ1v) is 11.0. The van der Waals surface area contributed by atoms with E-state index in [1.807, 2.05) is 12.1 Å². The van der Waals surface area contributed by atoms with E-state index in [4.69, 9.17) is 4.74 Å². The lowest BCUT2D eigenvalue weighted by atomic mass is 9.75. The highest BCUT2D eigenvalue weighted by Gasteiger charge is 2.38. The maximum atomic E-state index is 10.3. The molecule has 0 aromatic heterocycles. The van der Waals surface area contributed by atoms with E-state index in [-0.39, 0.29) is 12.0 Å². The highest BCUT2D eigenvalue weighted by atomic mass is 16.5. The second kappa shape index (κ2) is 9.19. The molecule has 2 saturated heterocycles. The van der Waals surface area contributed by atoms with Crippen LogP contribution in [0.4, 0.5) is 5.69 Å². The number of piperidine rings is 2. The Labute approximate surface area is 175 Å². The van der Waals surface area contributed by atoms with Crippen molar-refractivity contribution < 1.29 is 9.84 Å². The summed E-state index contributed by atoms with van der Waals surface area (Å²) in [5.74, 6) is 0.964. The summed E-state index contributed by atoms with van der Waals surface area (Å²) in [5, 5.41) is 10.3. The second-order valence-corrected chi connectivity index (χ2v) is 8.78. The first-order chi connectivity index (χ1) is 14.2. The van der Waals surface area contributed by atoms with E-state index in [1.54, 1.807) is 7.11 Å². The van der Waals surface area contributed by atoms with Crippen molar-refractivity contribution in [3.8, 4) is 5.75 Å². The van der Waals surface area contributed by atoms with Crippen molar-refractivity contribution in [1.29, 1.82) is 0 Å². The fourth-order valence-electron chi connectivity index (χ4n) is 5.28. The number of para-hydroxylation sites is 2. The minimum atomic E-state index is -0.000607. The lowest BCUT2D eigenvalue weighted by Gasteiger charge is -2.47. The summed E-state index contributed by atoms with van der Waals surface area (Å²) < 4.78 is 5.56. The van der Waals surface area contributed by atoms with E-state index in [2.05, 4.69) is 52.3 Å². The maximum absolute atomic E-state index is 10.3. The van der Waals surface area contributed by atoms with Crippen molar-refractivity contribution in [2.45, 2.75) is 38.1 Å². The van der Waals surface area contributed by atoms with E-state index >= 15 is 0 Å². The van der Waals surface area contributed by atoms with Gasteiger partial charge in [-0.25, -0.2) is 0 Å². The fraction of sp³-hybridized carbons (Fsp3) is 0.520. The summed E-state index contributed by atoms with van der Waals surface area (Å²) in [6.07, 6.45) is 5.62. The molecule has 0 aliphatic carbocycles. The molecular weight excluding hydrogens is 360 g/mol. The van der Waals surface area contributed by atoms with Gasteiger partial charge in [-0.2, -0.15) is 0 Å². The third-order valence-corrected chi connectivity index (χ3v) is 6.86. The average molecular weight is 395 g/mol. The Morgan fingerprint density at radius 3 is 2.45 bits per heavy atom. The van der Waals surface area contributed by atoms with Gasteiger partial charge in [0, 0.05) is 31.1 Å². The highest BCUT2D eigenvalue weighted by molar-refractivity contribution is 5.58. The van der Waals surface area contributed by atoms with E-state index in [0.717, 1.165) is 44.8 Å². The molecule has 0 saturated carbocycles. The second-order valence-electron chi connectivity index (χ2n) is 8.78. The Bertz CT molecular complexity index is 773. The van der Waals surface area contributed by atoms with E-state index < -0.39 is 0 Å². The third-order valence-electron chi connectivity index (χ3n) is 6.86. The molecule has 2 aromatic carbocycles. The molecule has 2 aliphatic rings. The van der Waals surface area contributed by atoms with Crippen LogP contribution in [0.2, 0.25) is 0 Å². The number of rotatable bonds is 6. The molecule has 2 aromatic rings. The van der Waals surface area contributed by atoms with Crippen molar-refractivity contribution in [1.82, 2.24) is 4.90 Å². The molecule has 0 spiro atoms. The van der Waals surface area contributed by atoms with Gasteiger partial charge in [0.05, 0.1) is 19.4 Å². The number of methoxy groups -OCH3 is 1. The van der Waals surface area contributed by atoms with Gasteiger partial charge in [-0.1, -0.05) is 42.5 Å². The molecular formula is C25H34N2O2. The quantitative estimate of drug-likeness (QED) is 0.804. The largest absolute Gasteiger partial charge is 0.495 e. The van der Waals surface area contributed by atoms with Crippen molar-refractivity contribution in [2.24, 2.45) is 5.41 Å². The Morgan fingerprint density at radius 1 is 1.00 bits per heavy atom. The molecule has 0 unspecified atom stereocenters. The van der Waals surface area contributed by atoms with Crippen LogP contribution in [0.1, 0.15) is 31.2 Å². The predicted octanol–water partition coefficient (Wildman–Crippen LogP) is 3.98. The van der Waals surface area contributed by atoms with Crippen LogP contribution in [-0.4, -0.2) is 55.9 Å². The Morgan fingerprint density at radius 2 is 1.72 bits per heavy atom. The molecule has 0 amide bonds. The molecule has 0 bridgehead atoms. The van der Waals surface area contributed by atoms with Crippen LogP contribution in [-0.2, 0) is 6.42 Å². The van der Waals surface area contributed by atoms with Crippen LogP contribution in [0, 0.1) is 5.41 Å². The number of anilines is 1. The zero-order valence-corrected chi connectivity index (χ0v) is 17.6. The fourth-order valence-corrected chi connectivity index (χ4v) is 5.28. The van der Waals surface area contributed by atoms with Gasteiger partial charge in [-0.3, -0.25) is 4.90 Å². The van der Waals surface area contributed by atoms with Gasteiger partial charge in [0.15, 0.2) is 0 Å². The molecule has 0 radical (unpaired) electrons. The summed E-state index contributed by atoms with van der Waals surface area (Å²) in [7, 11) is 1.75. The smallest absolute Gasteiger partial charge is 0.142 e. The van der Waals surface area contributed by atoms with Crippen molar-refractivity contribution >= 4 is 5.69 Å². The Hall–Kier alpha value is -2.04. The number of hydrogen-bond donors (Lipinski definition) is 1. The SMILES string of the molecule is COc1ccccc1N1CCC(N2CCC[C@](CO)(Cc3ccccc3)C2)CC1. The highest BCUT2D eigenvalue weighted by Crippen LogP contribution is 2.36. The molecule has 1 atom stereocenters. The monoisotopic (exact) mass is 394 g/mol. The number of benzene rings is 2. The van der Waals surface area contributed by atoms with Gasteiger partial charge in [0.25, 0.3) is 0 Å². The van der Waals surface area contributed by atoms with E-state index in [0.29, 0.717) is 6.04 Å². The van der Waals surface area contributed by atoms with Crippen LogP contribution in [0.25, 0.3) is 0 Å². The van der Waals surface area contributed by atoms with Crippen LogP contribution in [0.3, 0.4) is 0 Å². The number of likely N-dealkylation sites (tertiary alicyclic amines) is 1. The number of hydrogen-bond acceptors (Lipinski definition) is 4. The summed E-state index contributed by atoms with van der Waals surface area (Å²) in [6, 6.07) is 19.6. The van der Waals surface area contributed by atoms with Gasteiger partial charge in [-0.15, -0.1) is 0 Å². The first kappa shape index (κ1) is 20.2. The van der Waals surface area contributed by atoms with E-state index in [9.17, 15) is 5.11 Å². The molecule has 29 heavy (non-hydrogen) atoms. The van der Waals surface area contributed by atoms with Gasteiger partial charge in [-0.05, 0) is 56.3 Å². The maximum Gasteiger partial charge on any atom is 0.142 e. The minimum Gasteiger partial charge on any atom is -0.495 e. The Kier molecular flexibility index (Phi) is 6.41. The molecule has 2 aliphatic heterocycles. The van der Waals surface area contributed by atoms with Crippen molar-refractivity contribution in [3.63, 3.8) is 0 Å². The zero-order valence-electron chi connectivity index (χ0n) is 17.6. The number of nitrogens with zero attached hydrogens (tertiary/aromatic N) is 2. The molecule has 2 fully saturated rings. The van der Waals surface area contributed by atoms with Crippen LogP contribution < -0.4 is 9.64 Å². The topological polar surface area (TPSA) is 35.9 Å². The normalized spacial score (nSPS) is 23.9. The number of ether oxygens (including phenoxy) is 1. The van der Waals surface area contributed by atoms with Gasteiger partial charge < -0.3 is 14.7 Å². The predicted molar refractivity (Wildman–Crippen MR) is 119 cm³/mol. The minimum absolute atomic E-state index is 0.000607. The standard InChI is InChI=1S/C25H34N2O2/c1-29-24-11-6-5-10-23(24)26-16-12-22(13-17-26)27-15-7-14-25(19-27,20-28)18-21-8-3-2-4-9-21/h2-6,8-11,22,28H,7,12-20H2,1H3/t25-/m0/s1. The van der Waals surface area contributed by atoms with Crippen molar-refractivity contribution in [2.75, 3.05) is 44.8 Å². The number of aliphatic hydroxyl groups is 1. The summed E-state index contributed by atoms with van der Waals surface area (Å²) >= 11 is 0. The van der Waals surface area contributed by atoms with Gasteiger partial charge in [0.1, 0.15) is 5.75 Å². The molecule has 4 heteroatoms. The molecule has 4 rings (SSSR count). The lowest BCUT2D eigenvalue weighted by Crippen LogP contribution is -2.53. The molecule has 2 heterocycles. The molecule has 4 nitrogen and oxygen atoms in total. The number of aliphatic hydroxyl groups excluding tert-OH is 1. The lowest BCUT2D eigenvalue weighted by molar-refractivity contribution is 0.00727. The molecule has 1 N–H and O–H groups in total. The average Bonchev–Trinajstić information content (AvgIpc) is 2.80.